The second kappa shape index (κ2) is 3.47. The molecular weight excluding hydrogens is 265 g/mol. The molecule has 0 bridgehead atoms. The number of hydrogen-bond donors (Lipinski definition) is 1. The topological polar surface area (TPSA) is 38.9 Å². The lowest BCUT2D eigenvalue weighted by Crippen LogP contribution is -2.50. The van der Waals surface area contributed by atoms with Gasteiger partial charge < -0.3 is 5.73 Å². The summed E-state index contributed by atoms with van der Waals surface area (Å²) in [6.07, 6.45) is -6.37. The Kier molecular flexibility index (Phi) is 2.82. The lowest BCUT2D eigenvalue weighted by atomic mass is 10.1. The molecule has 0 aliphatic rings. The van der Waals surface area contributed by atoms with E-state index in [1.807, 2.05) is 0 Å². The molecule has 0 unspecified atom stereocenters. The van der Waals surface area contributed by atoms with Crippen LogP contribution in [0.15, 0.2) is 5.38 Å². The fourth-order valence-electron chi connectivity index (χ4n) is 0.771. The monoisotopic (exact) mass is 268 g/mol. The highest BCUT2D eigenvalue weighted by molar-refractivity contribution is 7.13. The van der Waals surface area contributed by atoms with Crippen LogP contribution in [0.1, 0.15) is 5.69 Å². The number of anilines is 1. The molecule has 0 aliphatic carbocycles. The summed E-state index contributed by atoms with van der Waals surface area (Å²) in [7, 11) is 0. The van der Waals surface area contributed by atoms with Crippen molar-refractivity contribution in [2.45, 2.75) is 18.0 Å². The van der Waals surface area contributed by atoms with Crippen molar-refractivity contribution in [2.75, 3.05) is 5.73 Å². The van der Waals surface area contributed by atoms with E-state index < -0.39 is 28.8 Å². The molecule has 92 valence electrons. The maximum atomic E-state index is 12.9. The summed E-state index contributed by atoms with van der Waals surface area (Å²) in [4.78, 5) is 2.73. The average molecular weight is 268 g/mol. The lowest BCUT2D eigenvalue weighted by molar-refractivity contribution is -0.360. The molecular formula is C6H3F7N2S. The van der Waals surface area contributed by atoms with E-state index in [-0.39, 0.29) is 0 Å². The van der Waals surface area contributed by atoms with Gasteiger partial charge in [-0.1, -0.05) is 0 Å². The van der Waals surface area contributed by atoms with Crippen LogP contribution in [0.25, 0.3) is 0 Å². The molecule has 2 N–H and O–H groups in total. The molecule has 0 saturated carbocycles. The van der Waals surface area contributed by atoms with Crippen LogP contribution >= 0.6 is 11.3 Å². The molecule has 1 aromatic rings. The number of thiazole rings is 1. The molecule has 0 radical (unpaired) electrons. The third kappa shape index (κ3) is 1.81. The van der Waals surface area contributed by atoms with Gasteiger partial charge >= 0.3 is 18.0 Å². The summed E-state index contributed by atoms with van der Waals surface area (Å²) in [6, 6.07) is 0. The van der Waals surface area contributed by atoms with Crippen LogP contribution in [-0.4, -0.2) is 17.1 Å². The normalized spacial score (nSPS) is 14.2. The summed E-state index contributed by atoms with van der Waals surface area (Å²) in [5.74, 6) is -11.6. The zero-order valence-corrected chi connectivity index (χ0v) is 7.97. The second-order valence-corrected chi connectivity index (χ2v) is 3.61. The zero-order chi connectivity index (χ0) is 12.8. The summed E-state index contributed by atoms with van der Waals surface area (Å²) in [6.45, 7) is 0. The SMILES string of the molecule is Nc1nc(C(F)(F)C(F)(F)C(F)(F)F)cs1. The first-order chi connectivity index (χ1) is 7.00. The molecule has 10 heteroatoms. The van der Waals surface area contributed by atoms with Crippen molar-refractivity contribution in [1.29, 1.82) is 0 Å². The van der Waals surface area contributed by atoms with Gasteiger partial charge in [-0.2, -0.15) is 30.7 Å². The Balaban J connectivity index is 3.21. The number of nitrogens with two attached hydrogens (primary N) is 1. The van der Waals surface area contributed by atoms with Gasteiger partial charge in [0.05, 0.1) is 0 Å². The Morgan fingerprint density at radius 2 is 1.56 bits per heavy atom. The second-order valence-electron chi connectivity index (χ2n) is 2.72. The number of nitrogens with zero attached hydrogens (tertiary/aromatic N) is 1. The number of halogens is 7. The molecule has 16 heavy (non-hydrogen) atoms. The standard InChI is InChI=1S/C6H3F7N2S/c7-4(8,2-1-16-3(14)15-2)5(9,10)6(11,12)13/h1H,(H2,14,15). The Morgan fingerprint density at radius 3 is 1.88 bits per heavy atom. The number of rotatable bonds is 2. The summed E-state index contributed by atoms with van der Waals surface area (Å²) in [5.41, 5.74) is 3.18. The Hall–Kier alpha value is -1.06. The van der Waals surface area contributed by atoms with Crippen LogP contribution in [0, 0.1) is 0 Å². The summed E-state index contributed by atoms with van der Waals surface area (Å²) >= 11 is 0.344. The molecule has 1 aromatic heterocycles. The lowest BCUT2D eigenvalue weighted by Gasteiger charge is -2.26. The van der Waals surface area contributed by atoms with E-state index in [0.29, 0.717) is 16.7 Å². The summed E-state index contributed by atoms with van der Waals surface area (Å²) < 4.78 is 85.8. The van der Waals surface area contributed by atoms with Crippen molar-refractivity contribution in [1.82, 2.24) is 4.98 Å². The van der Waals surface area contributed by atoms with Gasteiger partial charge in [0.2, 0.25) is 0 Å². The molecule has 0 atom stereocenters. The van der Waals surface area contributed by atoms with Gasteiger partial charge in [0.25, 0.3) is 0 Å². The minimum absolute atomic E-state index is 0.344. The fraction of sp³-hybridized carbons (Fsp3) is 0.500. The van der Waals surface area contributed by atoms with Crippen LogP contribution in [0.2, 0.25) is 0 Å². The average Bonchev–Trinajstić information content (AvgIpc) is 2.49. The van der Waals surface area contributed by atoms with Gasteiger partial charge in [0.1, 0.15) is 5.69 Å². The predicted molar refractivity (Wildman–Crippen MR) is 41.4 cm³/mol. The van der Waals surface area contributed by atoms with Crippen molar-refractivity contribution in [3.05, 3.63) is 11.1 Å². The van der Waals surface area contributed by atoms with Gasteiger partial charge in [0.15, 0.2) is 5.13 Å². The van der Waals surface area contributed by atoms with E-state index in [9.17, 15) is 30.7 Å². The van der Waals surface area contributed by atoms with E-state index >= 15 is 0 Å². The highest BCUT2D eigenvalue weighted by atomic mass is 32.1. The minimum atomic E-state index is -6.37. The highest BCUT2D eigenvalue weighted by Crippen LogP contribution is 2.51. The van der Waals surface area contributed by atoms with Crippen LogP contribution in [0.4, 0.5) is 35.9 Å². The zero-order valence-electron chi connectivity index (χ0n) is 7.16. The van der Waals surface area contributed by atoms with Gasteiger partial charge in [-0.25, -0.2) is 4.98 Å². The third-order valence-electron chi connectivity index (χ3n) is 1.59. The van der Waals surface area contributed by atoms with E-state index in [2.05, 4.69) is 4.98 Å². The molecule has 0 aromatic carbocycles. The Labute approximate surface area is 87.9 Å². The Bertz CT molecular complexity index is 382. The van der Waals surface area contributed by atoms with E-state index in [1.54, 1.807) is 0 Å². The Morgan fingerprint density at radius 1 is 1.06 bits per heavy atom. The molecule has 0 amide bonds. The molecule has 0 fully saturated rings. The van der Waals surface area contributed by atoms with Crippen molar-refractivity contribution >= 4 is 16.5 Å². The molecule has 1 rings (SSSR count). The van der Waals surface area contributed by atoms with Crippen LogP contribution in [0.5, 0.6) is 0 Å². The van der Waals surface area contributed by atoms with Crippen molar-refractivity contribution in [3.8, 4) is 0 Å². The highest BCUT2D eigenvalue weighted by Gasteiger charge is 2.74. The van der Waals surface area contributed by atoms with Gasteiger partial charge in [-0.05, 0) is 0 Å². The van der Waals surface area contributed by atoms with Crippen LogP contribution < -0.4 is 5.73 Å². The molecule has 0 aliphatic heterocycles. The first-order valence-corrected chi connectivity index (χ1v) is 4.42. The maximum absolute atomic E-state index is 12.9. The van der Waals surface area contributed by atoms with Gasteiger partial charge in [0, 0.05) is 5.38 Å². The van der Waals surface area contributed by atoms with Gasteiger partial charge in [-0.3, -0.25) is 0 Å². The van der Waals surface area contributed by atoms with E-state index in [0.717, 1.165) is 0 Å². The predicted octanol–water partition coefficient (Wildman–Crippen LogP) is 3.01. The third-order valence-corrected chi connectivity index (χ3v) is 2.27. The van der Waals surface area contributed by atoms with Crippen LogP contribution in [-0.2, 0) is 5.92 Å². The minimum Gasteiger partial charge on any atom is -0.375 e. The number of nitrogen functional groups attached to an aromatic ring is 1. The molecule has 2 nitrogen and oxygen atoms in total. The number of aromatic nitrogens is 1. The van der Waals surface area contributed by atoms with Crippen LogP contribution in [0.3, 0.4) is 0 Å². The van der Waals surface area contributed by atoms with Crippen molar-refractivity contribution in [2.24, 2.45) is 0 Å². The molecule has 1 heterocycles. The fourth-order valence-corrected chi connectivity index (χ4v) is 1.35. The first-order valence-electron chi connectivity index (χ1n) is 3.54. The summed E-state index contributed by atoms with van der Waals surface area (Å²) in [5, 5.41) is -0.165. The quantitative estimate of drug-likeness (QED) is 0.837. The number of hydrogen-bond acceptors (Lipinski definition) is 3. The largest absolute Gasteiger partial charge is 0.460 e. The molecule has 0 spiro atoms. The number of alkyl halides is 7. The van der Waals surface area contributed by atoms with Gasteiger partial charge in [-0.15, -0.1) is 11.3 Å². The maximum Gasteiger partial charge on any atom is 0.460 e. The smallest absolute Gasteiger partial charge is 0.375 e. The van der Waals surface area contributed by atoms with E-state index in [1.165, 1.54) is 0 Å². The first kappa shape index (κ1) is 13.0. The van der Waals surface area contributed by atoms with Crippen molar-refractivity contribution < 1.29 is 30.7 Å². The molecule has 0 saturated heterocycles. The van der Waals surface area contributed by atoms with Crippen molar-refractivity contribution in [3.63, 3.8) is 0 Å². The van der Waals surface area contributed by atoms with E-state index in [4.69, 9.17) is 5.73 Å².